The molecule has 3 nitrogen and oxygen atoms in total. The third kappa shape index (κ3) is 5.82. The lowest BCUT2D eigenvalue weighted by Crippen LogP contribution is -2.44. The van der Waals surface area contributed by atoms with Gasteiger partial charge < -0.3 is 8.85 Å². The van der Waals surface area contributed by atoms with E-state index < -0.39 is 22.0 Å². The zero-order chi connectivity index (χ0) is 17.6. The lowest BCUT2D eigenvalue weighted by molar-refractivity contribution is -0.145. The zero-order valence-electron chi connectivity index (χ0n) is 16.3. The van der Waals surface area contributed by atoms with Crippen LogP contribution in [0.5, 0.6) is 0 Å². The van der Waals surface area contributed by atoms with Gasteiger partial charge in [-0.15, -0.1) is 0 Å². The van der Waals surface area contributed by atoms with Gasteiger partial charge in [-0.2, -0.15) is 0 Å². The van der Waals surface area contributed by atoms with Crippen LogP contribution in [0.15, 0.2) is 0 Å². The van der Waals surface area contributed by atoms with Crippen molar-refractivity contribution in [3.63, 3.8) is 0 Å². The van der Waals surface area contributed by atoms with Gasteiger partial charge in [0.15, 0.2) is 8.32 Å². The molecule has 0 aliphatic rings. The molecule has 0 N–H and O–H groups in total. The number of rotatable bonds is 10. The van der Waals surface area contributed by atoms with E-state index in [1.165, 1.54) is 0 Å². The maximum absolute atomic E-state index is 12.8. The molecule has 0 fully saturated rings. The van der Waals surface area contributed by atoms with Crippen LogP contribution in [-0.2, 0) is 13.6 Å². The predicted molar refractivity (Wildman–Crippen MR) is 100 cm³/mol. The molecule has 1 unspecified atom stereocenters. The minimum Gasteiger partial charge on any atom is -0.519 e. The monoisotopic (exact) mass is 346 g/mol. The highest BCUT2D eigenvalue weighted by Crippen LogP contribution is 2.37. The Kier molecular flexibility index (Phi) is 8.59. The Labute approximate surface area is 140 Å². The largest absolute Gasteiger partial charge is 0.519 e. The molecular formula is C17H38O3Si2. The second-order valence-corrected chi connectivity index (χ2v) is 16.8. The van der Waals surface area contributed by atoms with Crippen LogP contribution < -0.4 is 0 Å². The molecule has 0 aromatic rings. The van der Waals surface area contributed by atoms with Crippen LogP contribution in [0.3, 0.4) is 0 Å². The predicted octanol–water partition coefficient (Wildman–Crippen LogP) is 5.58. The molecular weight excluding hydrogens is 308 g/mol. The minimum atomic E-state index is -1.87. The average Bonchev–Trinajstić information content (AvgIpc) is 2.44. The lowest BCUT2D eigenvalue weighted by atomic mass is 9.88. The SMILES string of the molecule is CCO[Si](C)(C)C(C)CC(C)(C)C(=O)O[Si](CC)(CC)CC. The first-order valence-corrected chi connectivity index (χ1v) is 14.4. The van der Waals surface area contributed by atoms with Crippen molar-refractivity contribution in [3.8, 4) is 0 Å². The summed E-state index contributed by atoms with van der Waals surface area (Å²) in [6.45, 7) is 20.0. The summed E-state index contributed by atoms with van der Waals surface area (Å²) in [5.41, 5.74) is -0.00519. The van der Waals surface area contributed by atoms with Gasteiger partial charge in [-0.1, -0.05) is 27.7 Å². The molecule has 5 heteroatoms. The topological polar surface area (TPSA) is 35.5 Å². The molecule has 1 atom stereocenters. The van der Waals surface area contributed by atoms with E-state index in [1.807, 2.05) is 20.8 Å². The molecule has 0 radical (unpaired) electrons. The Bertz CT molecular complexity index is 342. The van der Waals surface area contributed by atoms with Crippen LogP contribution in [0.2, 0.25) is 36.8 Å². The van der Waals surface area contributed by atoms with Crippen molar-refractivity contribution in [2.75, 3.05) is 6.61 Å². The van der Waals surface area contributed by atoms with E-state index in [2.05, 4.69) is 40.8 Å². The summed E-state index contributed by atoms with van der Waals surface area (Å²) in [4.78, 5) is 12.8. The van der Waals surface area contributed by atoms with Gasteiger partial charge in [-0.25, -0.2) is 0 Å². The van der Waals surface area contributed by atoms with Crippen LogP contribution >= 0.6 is 0 Å². The minimum absolute atomic E-state index is 0.00198. The summed E-state index contributed by atoms with van der Waals surface area (Å²) in [5.74, 6) is -0.00198. The maximum Gasteiger partial charge on any atom is 0.298 e. The van der Waals surface area contributed by atoms with Gasteiger partial charge in [0.1, 0.15) is 0 Å². The Morgan fingerprint density at radius 3 is 1.86 bits per heavy atom. The molecule has 0 aliphatic heterocycles. The second-order valence-electron chi connectivity index (χ2n) is 7.66. The molecule has 0 heterocycles. The fraction of sp³-hybridized carbons (Fsp3) is 0.941. The van der Waals surface area contributed by atoms with E-state index in [1.54, 1.807) is 0 Å². The number of hydrogen-bond acceptors (Lipinski definition) is 3. The zero-order valence-corrected chi connectivity index (χ0v) is 18.3. The summed E-state index contributed by atoms with van der Waals surface area (Å²) in [6.07, 6.45) is 0.840. The molecule has 0 aromatic carbocycles. The fourth-order valence-electron chi connectivity index (χ4n) is 2.91. The summed E-state index contributed by atoms with van der Waals surface area (Å²) in [5, 5.41) is 0. The van der Waals surface area contributed by atoms with Crippen LogP contribution in [0.25, 0.3) is 0 Å². The van der Waals surface area contributed by atoms with E-state index in [0.717, 1.165) is 31.2 Å². The van der Waals surface area contributed by atoms with Crippen molar-refractivity contribution in [3.05, 3.63) is 0 Å². The fourth-order valence-corrected chi connectivity index (χ4v) is 7.54. The van der Waals surface area contributed by atoms with Crippen molar-refractivity contribution in [1.29, 1.82) is 0 Å². The summed E-state index contributed by atoms with van der Waals surface area (Å²) < 4.78 is 12.1. The van der Waals surface area contributed by atoms with Crippen LogP contribution in [0.1, 0.15) is 54.9 Å². The molecule has 0 saturated carbocycles. The standard InChI is InChI=1S/C17H38O3Si2/c1-10-19-21(8,9)15(5)14-17(6,7)16(18)20-22(11-2,12-3)13-4/h15H,10-14H2,1-9H3. The van der Waals surface area contributed by atoms with Crippen molar-refractivity contribution >= 4 is 22.6 Å². The summed E-state index contributed by atoms with van der Waals surface area (Å²) >= 11 is 0. The van der Waals surface area contributed by atoms with Gasteiger partial charge in [0.25, 0.3) is 14.3 Å². The molecule has 0 aliphatic carbocycles. The van der Waals surface area contributed by atoms with Crippen LogP contribution in [-0.4, -0.2) is 29.2 Å². The number of carbonyl (C=O) groups excluding carboxylic acids is 1. The highest BCUT2D eigenvalue weighted by Gasteiger charge is 2.42. The highest BCUT2D eigenvalue weighted by molar-refractivity contribution is 6.75. The maximum atomic E-state index is 12.8. The van der Waals surface area contributed by atoms with Crippen molar-refractivity contribution in [2.24, 2.45) is 5.41 Å². The Hall–Kier alpha value is -0.136. The van der Waals surface area contributed by atoms with E-state index in [4.69, 9.17) is 8.85 Å². The Balaban J connectivity index is 4.97. The first kappa shape index (κ1) is 21.9. The van der Waals surface area contributed by atoms with E-state index >= 15 is 0 Å². The Morgan fingerprint density at radius 2 is 1.50 bits per heavy atom. The Morgan fingerprint density at radius 1 is 1.05 bits per heavy atom. The molecule has 0 spiro atoms. The second kappa shape index (κ2) is 8.64. The first-order chi connectivity index (χ1) is 10.00. The highest BCUT2D eigenvalue weighted by atomic mass is 28.4. The van der Waals surface area contributed by atoms with Gasteiger partial charge in [-0.05, 0) is 64.0 Å². The molecule has 0 amide bonds. The molecule has 0 saturated heterocycles. The number of hydrogen-bond donors (Lipinski definition) is 0. The molecule has 0 rings (SSSR count). The lowest BCUT2D eigenvalue weighted by Gasteiger charge is -2.37. The third-order valence-electron chi connectivity index (χ3n) is 5.31. The van der Waals surface area contributed by atoms with E-state index in [0.29, 0.717) is 5.54 Å². The summed E-state index contributed by atoms with van der Waals surface area (Å²) in [6, 6.07) is 3.03. The van der Waals surface area contributed by atoms with Gasteiger partial charge in [0, 0.05) is 6.61 Å². The molecule has 0 bridgehead atoms. The quantitative estimate of drug-likeness (QED) is 0.484. The average molecular weight is 347 g/mol. The molecule has 0 aromatic heterocycles. The van der Waals surface area contributed by atoms with Crippen molar-refractivity contribution in [1.82, 2.24) is 0 Å². The van der Waals surface area contributed by atoms with Crippen molar-refractivity contribution in [2.45, 2.75) is 91.7 Å². The normalized spacial score (nSPS) is 14.8. The number of carbonyl (C=O) groups is 1. The summed E-state index contributed by atoms with van der Waals surface area (Å²) in [7, 11) is -3.61. The van der Waals surface area contributed by atoms with Crippen LogP contribution in [0, 0.1) is 5.41 Å². The van der Waals surface area contributed by atoms with Gasteiger partial charge in [0.2, 0.25) is 0 Å². The first-order valence-electron chi connectivity index (χ1n) is 8.87. The van der Waals surface area contributed by atoms with Gasteiger partial charge in [-0.3, -0.25) is 4.79 Å². The molecule has 132 valence electrons. The van der Waals surface area contributed by atoms with Crippen LogP contribution in [0.4, 0.5) is 0 Å². The van der Waals surface area contributed by atoms with Gasteiger partial charge in [0.05, 0.1) is 5.41 Å². The van der Waals surface area contributed by atoms with E-state index in [-0.39, 0.29) is 5.97 Å². The van der Waals surface area contributed by atoms with Crippen molar-refractivity contribution < 1.29 is 13.6 Å². The smallest absolute Gasteiger partial charge is 0.298 e. The third-order valence-corrected chi connectivity index (χ3v) is 13.4. The molecule has 22 heavy (non-hydrogen) atoms. The van der Waals surface area contributed by atoms with Gasteiger partial charge >= 0.3 is 0 Å². The van der Waals surface area contributed by atoms with E-state index in [9.17, 15) is 4.79 Å².